The minimum absolute atomic E-state index is 0.0194. The zero-order valence-corrected chi connectivity index (χ0v) is 18.6. The molecule has 31 heavy (non-hydrogen) atoms. The number of hydrogen-bond acceptors (Lipinski definition) is 4. The molecule has 1 aliphatic rings. The summed E-state index contributed by atoms with van der Waals surface area (Å²) in [6.45, 7) is 1.50. The van der Waals surface area contributed by atoms with Gasteiger partial charge in [0.2, 0.25) is 11.8 Å². The van der Waals surface area contributed by atoms with Gasteiger partial charge in [0.25, 0.3) is 5.91 Å². The van der Waals surface area contributed by atoms with Crippen LogP contribution >= 0.6 is 15.9 Å². The van der Waals surface area contributed by atoms with Gasteiger partial charge in [0.1, 0.15) is 12.1 Å². The maximum Gasteiger partial charge on any atom is 0.325 e. The number of benzene rings is 2. The molecule has 2 aromatic carbocycles. The predicted molar refractivity (Wildman–Crippen MR) is 117 cm³/mol. The number of nitrogens with two attached hydrogens (primary N) is 1. The molecule has 5 amide bonds. The van der Waals surface area contributed by atoms with Gasteiger partial charge in [-0.3, -0.25) is 19.3 Å². The van der Waals surface area contributed by atoms with E-state index in [1.165, 1.54) is 4.90 Å². The third-order valence-corrected chi connectivity index (χ3v) is 5.66. The Labute approximate surface area is 188 Å². The van der Waals surface area contributed by atoms with E-state index in [1.54, 1.807) is 25.1 Å². The van der Waals surface area contributed by atoms with Crippen LogP contribution in [-0.4, -0.2) is 46.6 Å². The molecule has 0 unspecified atom stereocenters. The van der Waals surface area contributed by atoms with E-state index in [-0.39, 0.29) is 19.5 Å². The van der Waals surface area contributed by atoms with Gasteiger partial charge in [-0.05, 0) is 30.2 Å². The van der Waals surface area contributed by atoms with Gasteiger partial charge in [-0.15, -0.1) is 0 Å². The Morgan fingerprint density at radius 1 is 1.13 bits per heavy atom. The summed E-state index contributed by atoms with van der Waals surface area (Å²) in [5.41, 5.74) is 5.43. The Bertz CT molecular complexity index is 1010. The summed E-state index contributed by atoms with van der Waals surface area (Å²) in [5, 5.41) is 2.69. The highest BCUT2D eigenvalue weighted by atomic mass is 79.9. The second-order valence-electron chi connectivity index (χ2n) is 7.47. The maximum atomic E-state index is 13.1. The van der Waals surface area contributed by atoms with Crippen LogP contribution in [0.4, 0.5) is 4.79 Å². The molecule has 162 valence electrons. The normalized spacial score (nSPS) is 18.1. The Morgan fingerprint density at radius 3 is 2.48 bits per heavy atom. The van der Waals surface area contributed by atoms with E-state index >= 15 is 0 Å². The lowest BCUT2D eigenvalue weighted by molar-refractivity contribution is -0.139. The smallest absolute Gasteiger partial charge is 0.325 e. The van der Waals surface area contributed by atoms with Gasteiger partial charge in [0.15, 0.2) is 0 Å². The first kappa shape index (κ1) is 22.5. The number of amides is 5. The Hall–Kier alpha value is -3.20. The van der Waals surface area contributed by atoms with E-state index in [0.29, 0.717) is 5.56 Å². The number of imide groups is 1. The van der Waals surface area contributed by atoms with Gasteiger partial charge in [-0.25, -0.2) is 4.79 Å². The van der Waals surface area contributed by atoms with E-state index < -0.39 is 35.8 Å². The van der Waals surface area contributed by atoms with Crippen molar-refractivity contribution in [1.82, 2.24) is 15.1 Å². The average Bonchev–Trinajstić information content (AvgIpc) is 2.95. The van der Waals surface area contributed by atoms with Crippen LogP contribution in [0, 0.1) is 0 Å². The molecule has 0 bridgehead atoms. The van der Waals surface area contributed by atoms with Crippen molar-refractivity contribution in [2.75, 3.05) is 13.1 Å². The fraction of sp³-hybridized carbons (Fsp3) is 0.273. The second kappa shape index (κ2) is 9.30. The van der Waals surface area contributed by atoms with E-state index in [1.807, 2.05) is 36.4 Å². The Morgan fingerprint density at radius 2 is 1.84 bits per heavy atom. The number of hydrogen-bond donors (Lipinski definition) is 2. The standard InChI is InChI=1S/C22H23BrN4O4/c1-22(16-8-5-9-17(23)12-16)20(30)27(21(31)25-22)14-19(29)26(11-10-18(24)28)13-15-6-3-2-4-7-15/h2-9,12H,10-11,13-14H2,1H3,(H2,24,28)(H,25,31)/t22-/m0/s1. The van der Waals surface area contributed by atoms with Gasteiger partial charge in [-0.2, -0.15) is 0 Å². The van der Waals surface area contributed by atoms with Crippen molar-refractivity contribution in [2.45, 2.75) is 25.4 Å². The lowest BCUT2D eigenvalue weighted by atomic mass is 9.92. The minimum atomic E-state index is -1.28. The van der Waals surface area contributed by atoms with Crippen molar-refractivity contribution < 1.29 is 19.2 Å². The van der Waals surface area contributed by atoms with E-state index in [9.17, 15) is 19.2 Å². The van der Waals surface area contributed by atoms with Crippen LogP contribution in [0.1, 0.15) is 24.5 Å². The molecule has 2 aromatic rings. The Kier molecular flexibility index (Phi) is 6.74. The molecule has 9 heteroatoms. The first-order valence-corrected chi connectivity index (χ1v) is 10.5. The molecular weight excluding hydrogens is 464 g/mol. The number of halogens is 1. The minimum Gasteiger partial charge on any atom is -0.370 e. The van der Waals surface area contributed by atoms with Gasteiger partial charge in [0.05, 0.1) is 0 Å². The molecule has 0 aromatic heterocycles. The summed E-state index contributed by atoms with van der Waals surface area (Å²) in [5.74, 6) is -1.51. The summed E-state index contributed by atoms with van der Waals surface area (Å²) in [6.07, 6.45) is -0.0194. The SMILES string of the molecule is C[C@@]1(c2cccc(Br)c2)NC(=O)N(CC(=O)N(CCC(N)=O)Cc2ccccc2)C1=O. The lowest BCUT2D eigenvalue weighted by Gasteiger charge is -2.25. The average molecular weight is 487 g/mol. The van der Waals surface area contributed by atoms with E-state index in [2.05, 4.69) is 21.2 Å². The molecule has 8 nitrogen and oxygen atoms in total. The van der Waals surface area contributed by atoms with Gasteiger partial charge in [0, 0.05) is 24.0 Å². The number of carbonyl (C=O) groups excluding carboxylic acids is 4. The van der Waals surface area contributed by atoms with E-state index in [0.717, 1.165) is 14.9 Å². The summed E-state index contributed by atoms with van der Waals surface area (Å²) in [7, 11) is 0. The lowest BCUT2D eigenvalue weighted by Crippen LogP contribution is -2.45. The van der Waals surface area contributed by atoms with Gasteiger partial charge < -0.3 is 16.0 Å². The molecule has 1 aliphatic heterocycles. The fourth-order valence-corrected chi connectivity index (χ4v) is 3.81. The zero-order valence-electron chi connectivity index (χ0n) is 17.0. The van der Waals surface area contributed by atoms with Crippen molar-refractivity contribution in [2.24, 2.45) is 5.73 Å². The molecule has 1 saturated heterocycles. The number of carbonyl (C=O) groups is 4. The van der Waals surface area contributed by atoms with Crippen LogP contribution in [-0.2, 0) is 26.5 Å². The van der Waals surface area contributed by atoms with Crippen molar-refractivity contribution in [3.05, 3.63) is 70.2 Å². The molecule has 0 radical (unpaired) electrons. The monoisotopic (exact) mass is 486 g/mol. The topological polar surface area (TPSA) is 113 Å². The molecular formula is C22H23BrN4O4. The summed E-state index contributed by atoms with van der Waals surface area (Å²) in [4.78, 5) is 52.3. The first-order chi connectivity index (χ1) is 14.7. The Balaban J connectivity index is 1.78. The van der Waals surface area contributed by atoms with Crippen LogP contribution in [0.15, 0.2) is 59.1 Å². The predicted octanol–water partition coefficient (Wildman–Crippen LogP) is 2.12. The number of nitrogens with one attached hydrogen (secondary N) is 1. The third kappa shape index (κ3) is 5.11. The molecule has 1 fully saturated rings. The molecule has 0 aliphatic carbocycles. The van der Waals surface area contributed by atoms with Gasteiger partial charge >= 0.3 is 6.03 Å². The van der Waals surface area contributed by atoms with Crippen molar-refractivity contribution in [3.63, 3.8) is 0 Å². The van der Waals surface area contributed by atoms with Crippen LogP contribution in [0.25, 0.3) is 0 Å². The number of urea groups is 1. The number of primary amides is 1. The van der Waals surface area contributed by atoms with Crippen molar-refractivity contribution >= 4 is 39.7 Å². The second-order valence-corrected chi connectivity index (χ2v) is 8.39. The molecule has 1 heterocycles. The summed E-state index contributed by atoms with van der Waals surface area (Å²) < 4.78 is 0.767. The highest BCUT2D eigenvalue weighted by Crippen LogP contribution is 2.30. The number of nitrogens with zero attached hydrogens (tertiary/aromatic N) is 2. The quantitative estimate of drug-likeness (QED) is 0.556. The van der Waals surface area contributed by atoms with E-state index in [4.69, 9.17) is 5.73 Å². The first-order valence-electron chi connectivity index (χ1n) is 9.71. The zero-order chi connectivity index (χ0) is 22.6. The van der Waals surface area contributed by atoms with Crippen LogP contribution in [0.2, 0.25) is 0 Å². The molecule has 3 rings (SSSR count). The van der Waals surface area contributed by atoms with Gasteiger partial charge in [-0.1, -0.05) is 58.4 Å². The maximum absolute atomic E-state index is 13.1. The van der Waals surface area contributed by atoms with Crippen LogP contribution < -0.4 is 11.1 Å². The largest absolute Gasteiger partial charge is 0.370 e. The van der Waals surface area contributed by atoms with Crippen molar-refractivity contribution in [3.8, 4) is 0 Å². The highest BCUT2D eigenvalue weighted by molar-refractivity contribution is 9.10. The van der Waals surface area contributed by atoms with Crippen LogP contribution in [0.3, 0.4) is 0 Å². The molecule has 3 N–H and O–H groups in total. The summed E-state index contributed by atoms with van der Waals surface area (Å²) >= 11 is 3.37. The molecule has 1 atom stereocenters. The summed E-state index contributed by atoms with van der Waals surface area (Å²) in [6, 6.07) is 15.7. The molecule has 0 saturated carbocycles. The fourth-order valence-electron chi connectivity index (χ4n) is 3.41. The van der Waals surface area contributed by atoms with Crippen LogP contribution in [0.5, 0.6) is 0 Å². The van der Waals surface area contributed by atoms with Crippen molar-refractivity contribution in [1.29, 1.82) is 0 Å². The number of rotatable bonds is 8. The third-order valence-electron chi connectivity index (χ3n) is 5.17. The molecule has 0 spiro atoms. The highest BCUT2D eigenvalue weighted by Gasteiger charge is 2.49.